The zero-order chi connectivity index (χ0) is 16.2. The summed E-state index contributed by atoms with van der Waals surface area (Å²) in [4.78, 5) is 21.4. The molecule has 7 nitrogen and oxygen atoms in total. The maximum atomic E-state index is 11.1. The molecular formula is C14H17N3O4. The molecule has 1 unspecified atom stereocenters. The number of nitrogens with one attached hydrogen (secondary N) is 1. The minimum atomic E-state index is -0.987. The fourth-order valence-corrected chi connectivity index (χ4v) is 1.81. The van der Waals surface area contributed by atoms with Crippen LogP contribution in [0.2, 0.25) is 0 Å². The lowest BCUT2D eigenvalue weighted by molar-refractivity contribution is -0.384. The SMILES string of the molecule is CC(C)(C)C(CC(=O)O)Nc1ccc(C#N)cc1[N+](=O)[O-]. The summed E-state index contributed by atoms with van der Waals surface area (Å²) >= 11 is 0. The Morgan fingerprint density at radius 3 is 2.57 bits per heavy atom. The topological polar surface area (TPSA) is 116 Å². The molecule has 0 fully saturated rings. The van der Waals surface area contributed by atoms with Gasteiger partial charge in [0.05, 0.1) is 23.0 Å². The molecule has 1 aromatic carbocycles. The summed E-state index contributed by atoms with van der Waals surface area (Å²) in [7, 11) is 0. The van der Waals surface area contributed by atoms with Crippen molar-refractivity contribution in [1.29, 1.82) is 5.26 Å². The highest BCUT2D eigenvalue weighted by Gasteiger charge is 2.29. The van der Waals surface area contributed by atoms with Crippen LogP contribution in [0.1, 0.15) is 32.8 Å². The Labute approximate surface area is 122 Å². The monoisotopic (exact) mass is 291 g/mol. The van der Waals surface area contributed by atoms with Crippen molar-refractivity contribution >= 4 is 17.3 Å². The van der Waals surface area contributed by atoms with Gasteiger partial charge >= 0.3 is 5.97 Å². The molecule has 0 spiro atoms. The number of nitro groups is 1. The molecule has 0 heterocycles. The van der Waals surface area contributed by atoms with Crippen molar-refractivity contribution in [3.05, 3.63) is 33.9 Å². The van der Waals surface area contributed by atoms with E-state index >= 15 is 0 Å². The molecule has 0 aliphatic carbocycles. The average Bonchev–Trinajstić information content (AvgIpc) is 2.36. The Balaban J connectivity index is 3.17. The molecule has 0 aromatic heterocycles. The van der Waals surface area contributed by atoms with Crippen molar-refractivity contribution in [2.75, 3.05) is 5.32 Å². The number of nitrogens with zero attached hydrogens (tertiary/aromatic N) is 2. The number of rotatable bonds is 5. The lowest BCUT2D eigenvalue weighted by Crippen LogP contribution is -2.36. The molecule has 1 aromatic rings. The maximum Gasteiger partial charge on any atom is 0.305 e. The van der Waals surface area contributed by atoms with E-state index in [2.05, 4.69) is 5.32 Å². The van der Waals surface area contributed by atoms with Gasteiger partial charge in [-0.05, 0) is 17.5 Å². The van der Waals surface area contributed by atoms with Crippen LogP contribution in [0.15, 0.2) is 18.2 Å². The second-order valence-electron chi connectivity index (χ2n) is 5.76. The molecule has 2 N–H and O–H groups in total. The predicted molar refractivity (Wildman–Crippen MR) is 76.9 cm³/mol. The van der Waals surface area contributed by atoms with E-state index < -0.39 is 22.3 Å². The number of nitriles is 1. The number of benzene rings is 1. The molecule has 0 saturated heterocycles. The van der Waals surface area contributed by atoms with Crippen LogP contribution in [0, 0.1) is 26.9 Å². The Hall–Kier alpha value is -2.62. The molecule has 1 rings (SSSR count). The second-order valence-corrected chi connectivity index (χ2v) is 5.76. The number of aliphatic carboxylic acids is 1. The van der Waals surface area contributed by atoms with Gasteiger partial charge in [-0.25, -0.2) is 0 Å². The van der Waals surface area contributed by atoms with Crippen LogP contribution in [0.25, 0.3) is 0 Å². The second kappa shape index (κ2) is 6.22. The Morgan fingerprint density at radius 2 is 2.14 bits per heavy atom. The van der Waals surface area contributed by atoms with E-state index in [1.165, 1.54) is 18.2 Å². The van der Waals surface area contributed by atoms with Crippen LogP contribution < -0.4 is 5.32 Å². The molecule has 0 bridgehead atoms. The molecule has 0 aliphatic heterocycles. The first-order valence-electron chi connectivity index (χ1n) is 6.32. The molecule has 0 radical (unpaired) electrons. The fourth-order valence-electron chi connectivity index (χ4n) is 1.81. The Morgan fingerprint density at radius 1 is 1.52 bits per heavy atom. The first-order valence-corrected chi connectivity index (χ1v) is 6.32. The first-order chi connectivity index (χ1) is 9.65. The Bertz CT molecular complexity index is 599. The van der Waals surface area contributed by atoms with Gasteiger partial charge in [-0.1, -0.05) is 20.8 Å². The summed E-state index contributed by atoms with van der Waals surface area (Å²) in [6.07, 6.45) is -0.166. The molecule has 7 heteroatoms. The van der Waals surface area contributed by atoms with E-state index in [4.69, 9.17) is 10.4 Å². The standard InChI is InChI=1S/C14H17N3O4/c1-14(2,3)12(7-13(18)19)16-10-5-4-9(8-15)6-11(10)17(20)21/h4-6,12,16H,7H2,1-3H3,(H,18,19). The fraction of sp³-hybridized carbons (Fsp3) is 0.429. The molecule has 0 saturated carbocycles. The van der Waals surface area contributed by atoms with Gasteiger partial charge in [0, 0.05) is 12.1 Å². The minimum Gasteiger partial charge on any atom is -0.481 e. The molecule has 0 amide bonds. The molecule has 21 heavy (non-hydrogen) atoms. The number of carbonyl (C=O) groups is 1. The number of carboxylic acids is 1. The van der Waals surface area contributed by atoms with E-state index in [-0.39, 0.29) is 23.4 Å². The smallest absolute Gasteiger partial charge is 0.305 e. The minimum absolute atomic E-state index is 0.166. The van der Waals surface area contributed by atoms with Crippen LogP contribution in [-0.2, 0) is 4.79 Å². The largest absolute Gasteiger partial charge is 0.481 e. The highest BCUT2D eigenvalue weighted by Crippen LogP contribution is 2.31. The first kappa shape index (κ1) is 16.4. The third-order valence-electron chi connectivity index (χ3n) is 3.08. The lowest BCUT2D eigenvalue weighted by Gasteiger charge is -2.31. The van der Waals surface area contributed by atoms with Gasteiger partial charge in [0.25, 0.3) is 5.69 Å². The van der Waals surface area contributed by atoms with Gasteiger partial charge in [-0.3, -0.25) is 14.9 Å². The van der Waals surface area contributed by atoms with Crippen LogP contribution in [0.4, 0.5) is 11.4 Å². The zero-order valence-corrected chi connectivity index (χ0v) is 12.1. The van der Waals surface area contributed by atoms with Crippen LogP contribution in [0.3, 0.4) is 0 Å². The van der Waals surface area contributed by atoms with Crippen LogP contribution in [0.5, 0.6) is 0 Å². The van der Waals surface area contributed by atoms with Gasteiger partial charge in [-0.2, -0.15) is 5.26 Å². The van der Waals surface area contributed by atoms with Crippen molar-refractivity contribution in [1.82, 2.24) is 0 Å². The van der Waals surface area contributed by atoms with Crippen molar-refractivity contribution in [3.8, 4) is 6.07 Å². The summed E-state index contributed by atoms with van der Waals surface area (Å²) in [6, 6.07) is 5.41. The van der Waals surface area contributed by atoms with Crippen molar-refractivity contribution in [2.45, 2.75) is 33.2 Å². The van der Waals surface area contributed by atoms with E-state index in [0.29, 0.717) is 0 Å². The van der Waals surface area contributed by atoms with Gasteiger partial charge in [-0.15, -0.1) is 0 Å². The highest BCUT2D eigenvalue weighted by molar-refractivity contribution is 5.70. The maximum absolute atomic E-state index is 11.1. The third kappa shape index (κ3) is 4.45. The van der Waals surface area contributed by atoms with Gasteiger partial charge < -0.3 is 10.4 Å². The molecular weight excluding hydrogens is 274 g/mol. The number of carboxylic acid groups (broad SMARTS) is 1. The third-order valence-corrected chi connectivity index (χ3v) is 3.08. The van der Waals surface area contributed by atoms with Gasteiger partial charge in [0.15, 0.2) is 0 Å². The van der Waals surface area contributed by atoms with E-state index in [1.54, 1.807) is 0 Å². The van der Waals surface area contributed by atoms with Crippen molar-refractivity contribution in [3.63, 3.8) is 0 Å². The summed E-state index contributed by atoms with van der Waals surface area (Å²) in [5, 5.41) is 31.8. The quantitative estimate of drug-likeness (QED) is 0.636. The van der Waals surface area contributed by atoms with Crippen molar-refractivity contribution in [2.24, 2.45) is 5.41 Å². The lowest BCUT2D eigenvalue weighted by atomic mass is 9.84. The number of hydrogen-bond donors (Lipinski definition) is 2. The molecule has 1 atom stereocenters. The van der Waals surface area contributed by atoms with E-state index in [9.17, 15) is 14.9 Å². The highest BCUT2D eigenvalue weighted by atomic mass is 16.6. The van der Waals surface area contributed by atoms with Crippen LogP contribution >= 0.6 is 0 Å². The zero-order valence-electron chi connectivity index (χ0n) is 12.1. The molecule has 112 valence electrons. The van der Waals surface area contributed by atoms with E-state index in [1.807, 2.05) is 26.8 Å². The van der Waals surface area contributed by atoms with Gasteiger partial charge in [0.2, 0.25) is 0 Å². The summed E-state index contributed by atoms with van der Waals surface area (Å²) in [5.41, 5.74) is -0.258. The van der Waals surface area contributed by atoms with E-state index in [0.717, 1.165) is 0 Å². The number of hydrogen-bond acceptors (Lipinski definition) is 5. The van der Waals surface area contributed by atoms with Crippen molar-refractivity contribution < 1.29 is 14.8 Å². The summed E-state index contributed by atoms with van der Waals surface area (Å²) in [5.74, 6) is -0.987. The number of nitro benzene ring substituents is 1. The number of anilines is 1. The molecule has 0 aliphatic rings. The normalized spacial score (nSPS) is 12.3. The predicted octanol–water partition coefficient (Wildman–Crippen LogP) is 2.77. The Kier molecular flexibility index (Phi) is 4.87. The van der Waals surface area contributed by atoms with Crippen LogP contribution in [-0.4, -0.2) is 22.0 Å². The summed E-state index contributed by atoms with van der Waals surface area (Å²) < 4.78 is 0. The van der Waals surface area contributed by atoms with Gasteiger partial charge in [0.1, 0.15) is 5.69 Å². The summed E-state index contributed by atoms with van der Waals surface area (Å²) in [6.45, 7) is 5.55. The average molecular weight is 291 g/mol.